The van der Waals surface area contributed by atoms with Gasteiger partial charge in [0.15, 0.2) is 73.7 Å². The molecule has 0 spiro atoms. The molecule has 68 heavy (non-hydrogen) atoms. The van der Waals surface area contributed by atoms with Crippen LogP contribution < -0.4 is 0 Å². The molecule has 1 atom stereocenters. The SMILES string of the molecule is O=S([O-])OC(Cl)(Cl)C(Cl)(Cl)C(Cl)(Cl)C(Cl)(Cl)C(Cl)(Cl)C(Cl)(Cl)C(Cl)(Cl)C(Cl)(Cl)C(Cl)(Cl)C(Cl)(Cl)C(Cl)(Cl)C(Cl)(Cl)C(Cl)(Cl)C(Cl)(Cl)C(Cl)(Cl)C(Cl)(Cl)C(Cl)(Cl)C(Cl)(Cl)C(Cl)(Cl)C(Cl)(Cl)C(Cl)(Cl)Cl. The lowest BCUT2D eigenvalue weighted by Crippen LogP contribution is -2.76. The highest BCUT2D eigenvalue weighted by Crippen LogP contribution is 2.80. The van der Waals surface area contributed by atoms with Gasteiger partial charge in [-0.3, -0.25) is 4.18 Å². The first kappa shape index (κ1) is 80.5. The topological polar surface area (TPSA) is 49.4 Å². The number of rotatable bonds is 21. The van der Waals surface area contributed by atoms with Gasteiger partial charge in [-0.25, -0.2) is 4.21 Å². The van der Waals surface area contributed by atoms with E-state index in [1.54, 1.807) is 0 Å². The third-order valence-corrected chi connectivity index (χ3v) is 39.6. The summed E-state index contributed by atoms with van der Waals surface area (Å²) < 4.78 is -50.0. The molecule has 1 unspecified atom stereocenters. The van der Waals surface area contributed by atoms with Crippen LogP contribution in [0.2, 0.25) is 0 Å². The van der Waals surface area contributed by atoms with Gasteiger partial charge in [-0.15, -0.1) is 0 Å². The summed E-state index contributed by atoms with van der Waals surface area (Å²) in [5, 5.41) is 0. The molecule has 0 aliphatic rings. The third-order valence-electron chi connectivity index (χ3n) is 7.99. The van der Waals surface area contributed by atoms with Crippen LogP contribution in [-0.2, 0) is 15.5 Å². The minimum Gasteiger partial charge on any atom is -0.750 e. The van der Waals surface area contributed by atoms with Gasteiger partial charge in [0.1, 0.15) is 0 Å². The first-order valence-electron chi connectivity index (χ1n) is 13.8. The zero-order valence-corrected chi connectivity index (χ0v) is 61.7. The predicted octanol–water partition coefficient (Wildman–Crippen LogP) is 24.6. The van der Waals surface area contributed by atoms with E-state index in [0.29, 0.717) is 0 Å². The molecule has 410 valence electrons. The summed E-state index contributed by atoms with van der Waals surface area (Å²) in [6.45, 7) is 0. The van der Waals surface area contributed by atoms with Gasteiger partial charge in [0.05, 0.1) is 11.4 Å². The molecule has 0 amide bonds. The van der Waals surface area contributed by atoms with Gasteiger partial charge >= 0.3 is 0 Å². The Bertz CT molecular complexity index is 1870. The monoisotopic (exact) mass is 1840 g/mol. The minimum absolute atomic E-state index is 2.93. The summed E-state index contributed by atoms with van der Waals surface area (Å²) in [7, 11) is 0. The van der Waals surface area contributed by atoms with Crippen molar-refractivity contribution in [2.45, 2.75) is 90.6 Å². The maximum atomic E-state index is 11.3. The Morgan fingerprint density at radius 2 is 0.309 bits per heavy atom. The van der Waals surface area contributed by atoms with Gasteiger partial charge in [-0.1, -0.05) is 499 Å². The second-order valence-corrected chi connectivity index (χ2v) is 41.5. The van der Waals surface area contributed by atoms with Crippen molar-refractivity contribution in [2.24, 2.45) is 0 Å². The normalized spacial score (nSPS) is 17.8. The van der Waals surface area contributed by atoms with Gasteiger partial charge < -0.3 is 4.55 Å². The van der Waals surface area contributed by atoms with Crippen molar-refractivity contribution in [2.75, 3.05) is 0 Å². The molecule has 0 saturated heterocycles. The van der Waals surface area contributed by atoms with Gasteiger partial charge in [-0.2, -0.15) is 0 Å². The average Bonchev–Trinajstić information content (AvgIpc) is 3.08. The molecule has 0 radical (unpaired) electrons. The lowest BCUT2D eigenvalue weighted by Gasteiger charge is -2.59. The Morgan fingerprint density at radius 1 is 0.206 bits per heavy atom. The first-order chi connectivity index (χ1) is 28.4. The molecule has 0 aromatic carbocycles. The molecule has 0 rings (SSSR count). The fourth-order valence-corrected chi connectivity index (χ4v) is 19.3. The number of halogens is 43. The second-order valence-electron chi connectivity index (χ2n) is 12.2. The molecule has 47 heteroatoms. The van der Waals surface area contributed by atoms with Crippen LogP contribution in [-0.4, -0.2) is 99.4 Å². The molecular formula is C21Cl43O3S-. The van der Waals surface area contributed by atoms with Crippen molar-refractivity contribution in [1.82, 2.24) is 0 Å². The highest BCUT2D eigenvalue weighted by Gasteiger charge is 2.89. The summed E-state index contributed by atoms with van der Waals surface area (Å²) >= 11 is 272. The minimum atomic E-state index is -3.88. The van der Waals surface area contributed by atoms with Gasteiger partial charge in [0.25, 0.3) is 4.52 Å². The lowest BCUT2D eigenvalue weighted by molar-refractivity contribution is 0.205. The zero-order valence-electron chi connectivity index (χ0n) is 28.4. The Balaban J connectivity index is 8.05. The molecule has 0 aliphatic heterocycles. The fraction of sp³-hybridized carbons (Fsp3) is 1.00. The van der Waals surface area contributed by atoms with Crippen molar-refractivity contribution in [3.63, 3.8) is 0 Å². The van der Waals surface area contributed by atoms with E-state index in [-0.39, 0.29) is 0 Å². The number of alkyl halides is 43. The molecule has 0 aliphatic carbocycles. The van der Waals surface area contributed by atoms with Crippen LogP contribution >= 0.6 is 499 Å². The first-order valence-corrected chi connectivity index (χ1v) is 31.1. The van der Waals surface area contributed by atoms with Crippen LogP contribution in [0.15, 0.2) is 0 Å². The van der Waals surface area contributed by atoms with Crippen LogP contribution in [0.1, 0.15) is 0 Å². The van der Waals surface area contributed by atoms with Crippen LogP contribution in [0, 0.1) is 0 Å². The molecule has 0 fully saturated rings. The molecule has 0 aromatic heterocycles. The van der Waals surface area contributed by atoms with E-state index in [1.165, 1.54) is 0 Å². The van der Waals surface area contributed by atoms with E-state index >= 15 is 0 Å². The van der Waals surface area contributed by atoms with E-state index in [0.717, 1.165) is 0 Å². The van der Waals surface area contributed by atoms with Crippen molar-refractivity contribution < 1.29 is 12.9 Å². The van der Waals surface area contributed by atoms with Crippen LogP contribution in [0.25, 0.3) is 0 Å². The van der Waals surface area contributed by atoms with E-state index < -0.39 is 102 Å². The lowest BCUT2D eigenvalue weighted by atomic mass is 9.95. The fourth-order valence-electron chi connectivity index (χ4n) is 3.85. The summed E-state index contributed by atoms with van der Waals surface area (Å²) in [5.74, 6) is 0. The summed E-state index contributed by atoms with van der Waals surface area (Å²) in [5.41, 5.74) is 0. The maximum Gasteiger partial charge on any atom is 0.267 e. The highest BCUT2D eigenvalue weighted by molar-refractivity contribution is 7.74. The van der Waals surface area contributed by atoms with Gasteiger partial charge in [0.2, 0.25) is 12.5 Å². The summed E-state index contributed by atoms with van der Waals surface area (Å²) in [4.78, 5) is 0. The molecule has 0 bridgehead atoms. The molecule has 0 aromatic rings. The zero-order chi connectivity index (χ0) is 56.8. The Morgan fingerprint density at radius 3 is 0.412 bits per heavy atom. The number of hydrogen-bond donors (Lipinski definition) is 0. The van der Waals surface area contributed by atoms with E-state index in [4.69, 9.17) is 499 Å². The highest BCUT2D eigenvalue weighted by atomic mass is 35.6. The quantitative estimate of drug-likeness (QED) is 0.0850. The molecule has 3 nitrogen and oxygen atoms in total. The van der Waals surface area contributed by atoms with E-state index in [1.807, 2.05) is 0 Å². The van der Waals surface area contributed by atoms with Crippen molar-refractivity contribution >= 4 is 510 Å². The Labute approximate surface area is 603 Å². The summed E-state index contributed by atoms with van der Waals surface area (Å²) in [6.07, 6.45) is 0. The molecule has 0 N–H and O–H groups in total. The largest absolute Gasteiger partial charge is 0.750 e. The van der Waals surface area contributed by atoms with Crippen LogP contribution in [0.4, 0.5) is 0 Å². The maximum absolute atomic E-state index is 11.3. The molecular weight excluding hydrogens is 1860 g/mol. The molecule has 0 saturated carbocycles. The van der Waals surface area contributed by atoms with E-state index in [9.17, 15) is 8.76 Å². The third kappa shape index (κ3) is 12.1. The van der Waals surface area contributed by atoms with Crippen molar-refractivity contribution in [3.05, 3.63) is 0 Å². The number of hydrogen-bond acceptors (Lipinski definition) is 3. The van der Waals surface area contributed by atoms with Gasteiger partial charge in [-0.05, 0) is 0 Å². The Kier molecular flexibility index (Phi) is 28.6. The summed E-state index contributed by atoms with van der Waals surface area (Å²) in [6, 6.07) is 0. The predicted molar refractivity (Wildman–Crippen MR) is 319 cm³/mol. The smallest absolute Gasteiger partial charge is 0.267 e. The standard InChI is InChI=1S/C21HCl43O3S/c22-1(23,2(24,25)4(28,29)6(32,33)8(36,37)10(40,41)12(44,45)14(48,49)16(52,53)18(56,57)20(60,61)62)3(26,27)5(30,31)7(34,35)9(38,39)11(42,43)13(46,47)15(50,51)17(54,55)19(58,59)21(63,64)67-68(65)66/h(H,65,66)/p-1. The van der Waals surface area contributed by atoms with Gasteiger partial charge in [0, 0.05) is 0 Å². The Hall–Kier alpha value is 12.5. The van der Waals surface area contributed by atoms with Crippen molar-refractivity contribution in [3.8, 4) is 0 Å². The van der Waals surface area contributed by atoms with E-state index in [2.05, 4.69) is 4.18 Å². The van der Waals surface area contributed by atoms with Crippen LogP contribution in [0.5, 0.6) is 0 Å². The molecule has 0 heterocycles. The van der Waals surface area contributed by atoms with Crippen molar-refractivity contribution in [1.29, 1.82) is 0 Å². The average molecular weight is 1860 g/mol. The van der Waals surface area contributed by atoms with Crippen LogP contribution in [0.3, 0.4) is 0 Å². The second kappa shape index (κ2) is 24.1.